The van der Waals surface area contributed by atoms with Gasteiger partial charge in [0.25, 0.3) is 0 Å². The smallest absolute Gasteiger partial charge is 0.337 e. The summed E-state index contributed by atoms with van der Waals surface area (Å²) in [6.45, 7) is 4.74. The Morgan fingerprint density at radius 2 is 1.80 bits per heavy atom. The van der Waals surface area contributed by atoms with Crippen molar-refractivity contribution in [3.8, 4) is 0 Å². The highest BCUT2D eigenvalue weighted by Gasteiger charge is 2.08. The van der Waals surface area contributed by atoms with Crippen LogP contribution in [0.3, 0.4) is 0 Å². The van der Waals surface area contributed by atoms with Crippen LogP contribution in [0, 0.1) is 6.92 Å². The molecule has 1 amide bonds. The molecule has 2 aromatic rings. The fraction of sp³-hybridized carbons (Fsp3) is 0.300. The maximum Gasteiger partial charge on any atom is 0.337 e. The standard InChI is InChI=1S/C20H24N2O3/c1-4-15-7-5-6-14(2)19(15)21-13-12-18(23)22-17-10-8-16(9-11-17)20(24)25-3/h5-11,21H,4,12-13H2,1-3H3,(H,22,23). The second kappa shape index (κ2) is 8.87. The van der Waals surface area contributed by atoms with Gasteiger partial charge in [-0.15, -0.1) is 0 Å². The van der Waals surface area contributed by atoms with Crippen molar-refractivity contribution in [1.29, 1.82) is 0 Å². The lowest BCUT2D eigenvalue weighted by Gasteiger charge is -2.14. The lowest BCUT2D eigenvalue weighted by Crippen LogP contribution is -2.17. The maximum absolute atomic E-state index is 12.1. The zero-order valence-electron chi connectivity index (χ0n) is 14.9. The van der Waals surface area contributed by atoms with Gasteiger partial charge in [0.05, 0.1) is 12.7 Å². The molecule has 0 unspecified atom stereocenters. The first-order valence-electron chi connectivity index (χ1n) is 8.35. The first-order valence-corrected chi connectivity index (χ1v) is 8.35. The van der Waals surface area contributed by atoms with Crippen LogP contribution < -0.4 is 10.6 Å². The van der Waals surface area contributed by atoms with Crippen LogP contribution in [0.2, 0.25) is 0 Å². The Morgan fingerprint density at radius 3 is 2.44 bits per heavy atom. The Kier molecular flexibility index (Phi) is 6.57. The number of amides is 1. The van der Waals surface area contributed by atoms with Crippen LogP contribution in [-0.4, -0.2) is 25.5 Å². The average molecular weight is 340 g/mol. The van der Waals surface area contributed by atoms with Crippen molar-refractivity contribution >= 4 is 23.3 Å². The molecular formula is C20H24N2O3. The van der Waals surface area contributed by atoms with E-state index in [0.29, 0.717) is 24.2 Å². The molecule has 0 atom stereocenters. The number of hydrogen-bond donors (Lipinski definition) is 2. The van der Waals surface area contributed by atoms with Crippen LogP contribution in [0.5, 0.6) is 0 Å². The molecule has 0 aliphatic carbocycles. The molecule has 0 aliphatic heterocycles. The number of rotatable bonds is 7. The first-order chi connectivity index (χ1) is 12.0. The summed E-state index contributed by atoms with van der Waals surface area (Å²) < 4.78 is 4.65. The molecule has 0 radical (unpaired) electrons. The molecule has 2 aromatic carbocycles. The molecule has 0 aromatic heterocycles. The average Bonchev–Trinajstić information content (AvgIpc) is 2.63. The minimum Gasteiger partial charge on any atom is -0.465 e. The molecule has 5 heteroatoms. The monoisotopic (exact) mass is 340 g/mol. The third kappa shape index (κ3) is 5.08. The number of benzene rings is 2. The van der Waals surface area contributed by atoms with Gasteiger partial charge in [-0.25, -0.2) is 4.79 Å². The second-order valence-electron chi connectivity index (χ2n) is 5.76. The summed E-state index contributed by atoms with van der Waals surface area (Å²) >= 11 is 0. The molecule has 0 saturated heterocycles. The van der Waals surface area contributed by atoms with E-state index in [-0.39, 0.29) is 5.91 Å². The zero-order chi connectivity index (χ0) is 18.2. The molecular weight excluding hydrogens is 316 g/mol. The Hall–Kier alpha value is -2.82. The fourth-order valence-corrected chi connectivity index (χ4v) is 2.61. The van der Waals surface area contributed by atoms with Crippen molar-refractivity contribution in [3.05, 3.63) is 59.2 Å². The van der Waals surface area contributed by atoms with Gasteiger partial charge in [0.15, 0.2) is 0 Å². The number of anilines is 2. The van der Waals surface area contributed by atoms with E-state index in [4.69, 9.17) is 0 Å². The van der Waals surface area contributed by atoms with Crippen molar-refractivity contribution in [1.82, 2.24) is 0 Å². The summed E-state index contributed by atoms with van der Waals surface area (Å²) in [6, 6.07) is 12.8. The van der Waals surface area contributed by atoms with E-state index in [1.807, 2.05) is 6.07 Å². The molecule has 5 nitrogen and oxygen atoms in total. The molecule has 0 aliphatic rings. The summed E-state index contributed by atoms with van der Waals surface area (Å²) in [5.41, 5.74) is 4.65. The molecule has 0 spiro atoms. The molecule has 0 saturated carbocycles. The van der Waals surface area contributed by atoms with Crippen molar-refractivity contribution in [2.75, 3.05) is 24.3 Å². The van der Waals surface area contributed by atoms with E-state index >= 15 is 0 Å². The van der Waals surface area contributed by atoms with Crippen molar-refractivity contribution < 1.29 is 14.3 Å². The van der Waals surface area contributed by atoms with Crippen LogP contribution in [0.25, 0.3) is 0 Å². The number of nitrogens with one attached hydrogen (secondary N) is 2. The summed E-state index contributed by atoms with van der Waals surface area (Å²) in [6.07, 6.45) is 1.30. The summed E-state index contributed by atoms with van der Waals surface area (Å²) in [5.74, 6) is -0.475. The van der Waals surface area contributed by atoms with Crippen LogP contribution in [0.15, 0.2) is 42.5 Å². The third-order valence-corrected chi connectivity index (χ3v) is 3.98. The topological polar surface area (TPSA) is 67.4 Å². The normalized spacial score (nSPS) is 10.2. The van der Waals surface area contributed by atoms with Gasteiger partial charge in [-0.1, -0.05) is 25.1 Å². The highest BCUT2D eigenvalue weighted by molar-refractivity contribution is 5.93. The zero-order valence-corrected chi connectivity index (χ0v) is 14.9. The molecule has 132 valence electrons. The number of carbonyl (C=O) groups excluding carboxylic acids is 2. The van der Waals surface area contributed by atoms with E-state index in [1.165, 1.54) is 18.2 Å². The number of methoxy groups -OCH3 is 1. The number of esters is 1. The van der Waals surface area contributed by atoms with Crippen LogP contribution in [0.4, 0.5) is 11.4 Å². The lowest BCUT2D eigenvalue weighted by molar-refractivity contribution is -0.115. The Labute approximate surface area is 148 Å². The Balaban J connectivity index is 1.86. The van der Waals surface area contributed by atoms with E-state index < -0.39 is 5.97 Å². The van der Waals surface area contributed by atoms with Crippen molar-refractivity contribution in [3.63, 3.8) is 0 Å². The van der Waals surface area contributed by atoms with Crippen LogP contribution >= 0.6 is 0 Å². The van der Waals surface area contributed by atoms with E-state index in [0.717, 1.165) is 12.1 Å². The largest absolute Gasteiger partial charge is 0.465 e. The minimum absolute atomic E-state index is 0.0787. The van der Waals surface area contributed by atoms with Gasteiger partial charge in [-0.2, -0.15) is 0 Å². The number of ether oxygens (including phenoxy) is 1. The number of carbonyl (C=O) groups is 2. The Bertz CT molecular complexity index is 739. The minimum atomic E-state index is -0.396. The highest BCUT2D eigenvalue weighted by Crippen LogP contribution is 2.21. The van der Waals surface area contributed by atoms with Gasteiger partial charge >= 0.3 is 5.97 Å². The number of para-hydroxylation sites is 1. The Morgan fingerprint density at radius 1 is 1.08 bits per heavy atom. The van der Waals surface area contributed by atoms with Crippen LogP contribution in [-0.2, 0) is 16.0 Å². The van der Waals surface area contributed by atoms with E-state index in [9.17, 15) is 9.59 Å². The molecule has 0 fully saturated rings. The predicted molar refractivity (Wildman–Crippen MR) is 100 cm³/mol. The SMILES string of the molecule is CCc1cccc(C)c1NCCC(=O)Nc1ccc(C(=O)OC)cc1. The third-order valence-electron chi connectivity index (χ3n) is 3.98. The van der Waals surface area contributed by atoms with Crippen molar-refractivity contribution in [2.45, 2.75) is 26.7 Å². The molecule has 0 bridgehead atoms. The van der Waals surface area contributed by atoms with Gasteiger partial charge in [-0.05, 0) is 48.7 Å². The number of hydrogen-bond acceptors (Lipinski definition) is 4. The molecule has 2 N–H and O–H groups in total. The van der Waals surface area contributed by atoms with Gasteiger partial charge < -0.3 is 15.4 Å². The fourth-order valence-electron chi connectivity index (χ4n) is 2.61. The van der Waals surface area contributed by atoms with Gasteiger partial charge in [0, 0.05) is 24.3 Å². The quantitative estimate of drug-likeness (QED) is 0.753. The van der Waals surface area contributed by atoms with Gasteiger partial charge in [0.1, 0.15) is 0 Å². The van der Waals surface area contributed by atoms with E-state index in [2.05, 4.69) is 41.4 Å². The first kappa shape index (κ1) is 18.5. The van der Waals surface area contributed by atoms with Crippen LogP contribution in [0.1, 0.15) is 34.8 Å². The summed E-state index contributed by atoms with van der Waals surface area (Å²) in [4.78, 5) is 23.5. The maximum atomic E-state index is 12.1. The highest BCUT2D eigenvalue weighted by atomic mass is 16.5. The summed E-state index contributed by atoms with van der Waals surface area (Å²) in [7, 11) is 1.34. The van der Waals surface area contributed by atoms with E-state index in [1.54, 1.807) is 24.3 Å². The lowest BCUT2D eigenvalue weighted by atomic mass is 10.1. The predicted octanol–water partition coefficient (Wildman–Crippen LogP) is 3.78. The molecule has 25 heavy (non-hydrogen) atoms. The van der Waals surface area contributed by atoms with Gasteiger partial charge in [0.2, 0.25) is 5.91 Å². The number of aryl methyl sites for hydroxylation is 2. The summed E-state index contributed by atoms with van der Waals surface area (Å²) in [5, 5.41) is 6.18. The van der Waals surface area contributed by atoms with Crippen molar-refractivity contribution in [2.24, 2.45) is 0 Å². The second-order valence-corrected chi connectivity index (χ2v) is 5.76. The molecule has 2 rings (SSSR count). The van der Waals surface area contributed by atoms with Gasteiger partial charge in [-0.3, -0.25) is 4.79 Å². The molecule has 0 heterocycles.